The molecule has 2 nitrogen and oxygen atoms in total. The smallest absolute Gasteiger partial charge is 0.0376 e. The lowest BCUT2D eigenvalue weighted by atomic mass is 10.0. The Morgan fingerprint density at radius 2 is 2.28 bits per heavy atom. The highest BCUT2D eigenvalue weighted by Gasteiger charge is 2.20. The summed E-state index contributed by atoms with van der Waals surface area (Å²) in [6.07, 6.45) is 0. The first-order valence-corrected chi connectivity index (χ1v) is 7.76. The van der Waals surface area contributed by atoms with Gasteiger partial charge in [-0.15, -0.1) is 11.3 Å². The predicted molar refractivity (Wildman–Crippen MR) is 81.4 cm³/mol. The van der Waals surface area contributed by atoms with Gasteiger partial charge in [-0.05, 0) is 33.6 Å². The van der Waals surface area contributed by atoms with Gasteiger partial charge in [0.05, 0.1) is 0 Å². The van der Waals surface area contributed by atoms with E-state index in [1.807, 2.05) is 0 Å². The molecule has 0 radical (unpaired) electrons. The van der Waals surface area contributed by atoms with Crippen LogP contribution in [-0.4, -0.2) is 13.1 Å². The highest BCUT2D eigenvalue weighted by molar-refractivity contribution is 9.10. The summed E-state index contributed by atoms with van der Waals surface area (Å²) in [5.41, 5.74) is 2.74. The molecule has 18 heavy (non-hydrogen) atoms. The predicted octanol–water partition coefficient (Wildman–Crippen LogP) is 3.81. The molecule has 0 fully saturated rings. The van der Waals surface area contributed by atoms with E-state index in [0.29, 0.717) is 5.92 Å². The van der Waals surface area contributed by atoms with Crippen molar-refractivity contribution in [2.24, 2.45) is 0 Å². The Morgan fingerprint density at radius 1 is 1.39 bits per heavy atom. The van der Waals surface area contributed by atoms with Crippen LogP contribution in [0.25, 0.3) is 0 Å². The van der Waals surface area contributed by atoms with Gasteiger partial charge in [0.15, 0.2) is 0 Å². The fourth-order valence-corrected chi connectivity index (χ4v) is 3.78. The third-order valence-electron chi connectivity index (χ3n) is 3.25. The highest BCUT2D eigenvalue weighted by Crippen LogP contribution is 2.30. The summed E-state index contributed by atoms with van der Waals surface area (Å²) in [5.74, 6) is 0.588. The summed E-state index contributed by atoms with van der Waals surface area (Å²) in [6.45, 7) is 3.02. The van der Waals surface area contributed by atoms with E-state index in [1.165, 1.54) is 20.6 Å². The molecule has 0 spiro atoms. The Kier molecular flexibility index (Phi) is 3.68. The van der Waals surface area contributed by atoms with Gasteiger partial charge in [-0.1, -0.05) is 18.2 Å². The SMILES string of the molecule is Brc1csc(CNCC2CNc3ccccc32)c1. The number of thiophene rings is 1. The van der Waals surface area contributed by atoms with Crippen molar-refractivity contribution < 1.29 is 0 Å². The summed E-state index contributed by atoms with van der Waals surface area (Å²) in [7, 11) is 0. The Bertz CT molecular complexity index is 538. The minimum Gasteiger partial charge on any atom is -0.384 e. The number of para-hydroxylation sites is 1. The summed E-state index contributed by atoms with van der Waals surface area (Å²) in [6, 6.07) is 10.8. The van der Waals surface area contributed by atoms with Crippen molar-refractivity contribution in [3.05, 3.63) is 50.6 Å². The van der Waals surface area contributed by atoms with Gasteiger partial charge in [0.2, 0.25) is 0 Å². The molecule has 3 rings (SSSR count). The second kappa shape index (κ2) is 5.43. The third-order valence-corrected chi connectivity index (χ3v) is 4.95. The zero-order valence-electron chi connectivity index (χ0n) is 9.95. The first kappa shape index (κ1) is 12.2. The van der Waals surface area contributed by atoms with Gasteiger partial charge in [0.25, 0.3) is 0 Å². The van der Waals surface area contributed by atoms with Crippen LogP contribution in [0.1, 0.15) is 16.4 Å². The van der Waals surface area contributed by atoms with Crippen LogP contribution in [0.4, 0.5) is 5.69 Å². The maximum absolute atomic E-state index is 3.55. The Hall–Kier alpha value is -0.840. The Labute approximate surface area is 120 Å². The molecule has 0 saturated carbocycles. The molecular weight excluding hydrogens is 308 g/mol. The lowest BCUT2D eigenvalue weighted by Gasteiger charge is -2.10. The van der Waals surface area contributed by atoms with Crippen LogP contribution >= 0.6 is 27.3 Å². The molecule has 0 aliphatic carbocycles. The van der Waals surface area contributed by atoms with Crippen molar-refractivity contribution in [3.63, 3.8) is 0 Å². The van der Waals surface area contributed by atoms with Crippen LogP contribution < -0.4 is 10.6 Å². The van der Waals surface area contributed by atoms with E-state index < -0.39 is 0 Å². The van der Waals surface area contributed by atoms with E-state index in [9.17, 15) is 0 Å². The Balaban J connectivity index is 1.56. The zero-order chi connectivity index (χ0) is 12.4. The maximum Gasteiger partial charge on any atom is 0.0376 e. The second-order valence-corrected chi connectivity index (χ2v) is 6.44. The van der Waals surface area contributed by atoms with E-state index >= 15 is 0 Å². The number of fused-ring (bicyclic) bond motifs is 1. The topological polar surface area (TPSA) is 24.1 Å². The number of halogens is 1. The number of hydrogen-bond acceptors (Lipinski definition) is 3. The van der Waals surface area contributed by atoms with Crippen molar-refractivity contribution in [3.8, 4) is 0 Å². The Morgan fingerprint density at radius 3 is 3.11 bits per heavy atom. The van der Waals surface area contributed by atoms with Crippen molar-refractivity contribution >= 4 is 33.0 Å². The quantitative estimate of drug-likeness (QED) is 0.894. The summed E-state index contributed by atoms with van der Waals surface area (Å²) < 4.78 is 1.18. The molecule has 0 amide bonds. The van der Waals surface area contributed by atoms with E-state index in [1.54, 1.807) is 11.3 Å². The zero-order valence-corrected chi connectivity index (χ0v) is 12.4. The number of hydrogen-bond donors (Lipinski definition) is 2. The maximum atomic E-state index is 3.55. The molecule has 94 valence electrons. The van der Waals surface area contributed by atoms with Crippen LogP contribution in [0, 0.1) is 0 Å². The minimum atomic E-state index is 0.588. The van der Waals surface area contributed by atoms with Crippen LogP contribution in [0.5, 0.6) is 0 Å². The molecule has 1 aliphatic rings. The van der Waals surface area contributed by atoms with Gasteiger partial charge >= 0.3 is 0 Å². The van der Waals surface area contributed by atoms with Crippen molar-refractivity contribution in [1.82, 2.24) is 5.32 Å². The summed E-state index contributed by atoms with van der Waals surface area (Å²) >= 11 is 5.28. The number of benzene rings is 1. The van der Waals surface area contributed by atoms with Gasteiger partial charge in [-0.25, -0.2) is 0 Å². The van der Waals surface area contributed by atoms with Crippen molar-refractivity contribution in [2.45, 2.75) is 12.5 Å². The summed E-state index contributed by atoms with van der Waals surface area (Å²) in [5, 5.41) is 9.13. The normalized spacial score (nSPS) is 17.5. The highest BCUT2D eigenvalue weighted by atomic mass is 79.9. The van der Waals surface area contributed by atoms with Crippen LogP contribution in [-0.2, 0) is 6.54 Å². The largest absolute Gasteiger partial charge is 0.384 e. The number of nitrogens with one attached hydrogen (secondary N) is 2. The molecule has 1 aromatic heterocycles. The van der Waals surface area contributed by atoms with Gasteiger partial charge in [0, 0.05) is 46.0 Å². The van der Waals surface area contributed by atoms with Crippen LogP contribution in [0.15, 0.2) is 40.2 Å². The summed E-state index contributed by atoms with van der Waals surface area (Å²) in [4.78, 5) is 1.38. The van der Waals surface area contributed by atoms with E-state index in [0.717, 1.165) is 19.6 Å². The van der Waals surface area contributed by atoms with Crippen LogP contribution in [0.2, 0.25) is 0 Å². The van der Waals surface area contributed by atoms with Gasteiger partial charge in [-0.2, -0.15) is 0 Å². The van der Waals surface area contributed by atoms with Crippen molar-refractivity contribution in [1.29, 1.82) is 0 Å². The third kappa shape index (κ3) is 2.60. The lowest BCUT2D eigenvalue weighted by molar-refractivity contribution is 0.617. The molecular formula is C14H15BrN2S. The second-order valence-electron chi connectivity index (χ2n) is 4.53. The molecule has 1 unspecified atom stereocenters. The fourth-order valence-electron chi connectivity index (χ4n) is 2.36. The molecule has 1 atom stereocenters. The number of anilines is 1. The first-order valence-electron chi connectivity index (χ1n) is 6.09. The average molecular weight is 323 g/mol. The minimum absolute atomic E-state index is 0.588. The van der Waals surface area contributed by atoms with E-state index in [-0.39, 0.29) is 0 Å². The number of rotatable bonds is 4. The van der Waals surface area contributed by atoms with Gasteiger partial charge in [0.1, 0.15) is 0 Å². The fraction of sp³-hybridized carbons (Fsp3) is 0.286. The average Bonchev–Trinajstić information content (AvgIpc) is 2.97. The van der Waals surface area contributed by atoms with Crippen LogP contribution in [0.3, 0.4) is 0 Å². The molecule has 0 saturated heterocycles. The molecule has 0 bridgehead atoms. The molecule has 2 aromatic rings. The molecule has 2 N–H and O–H groups in total. The van der Waals surface area contributed by atoms with Crippen molar-refractivity contribution in [2.75, 3.05) is 18.4 Å². The van der Waals surface area contributed by atoms with E-state index in [4.69, 9.17) is 0 Å². The standard InChI is InChI=1S/C14H15BrN2S/c15-11-5-12(18-9-11)8-16-6-10-7-17-14-4-2-1-3-13(10)14/h1-5,9-10,16-17H,6-8H2. The molecule has 1 aromatic carbocycles. The van der Waals surface area contributed by atoms with E-state index in [2.05, 4.69) is 62.3 Å². The van der Waals surface area contributed by atoms with Gasteiger partial charge in [-0.3, -0.25) is 0 Å². The molecule has 1 aliphatic heterocycles. The van der Waals surface area contributed by atoms with Gasteiger partial charge < -0.3 is 10.6 Å². The molecule has 2 heterocycles. The monoisotopic (exact) mass is 322 g/mol. The molecule has 4 heteroatoms. The lowest BCUT2D eigenvalue weighted by Crippen LogP contribution is -2.21. The first-order chi connectivity index (χ1) is 8.83.